The monoisotopic (exact) mass is 323 g/mol. The number of piperidine rings is 1. The number of anilines is 1. The lowest BCUT2D eigenvalue weighted by atomic mass is 9.97. The zero-order chi connectivity index (χ0) is 16.9. The molecule has 124 valence electrons. The third-order valence-corrected chi connectivity index (χ3v) is 4.35. The minimum Gasteiger partial charge on any atom is -0.404 e. The Bertz CT molecular complexity index is 793. The van der Waals surface area contributed by atoms with E-state index in [4.69, 9.17) is 11.1 Å². The Hall–Kier alpha value is -2.73. The molecule has 1 aromatic heterocycles. The minimum atomic E-state index is 0.0292. The summed E-state index contributed by atoms with van der Waals surface area (Å²) in [5.74, 6) is 0.623. The Morgan fingerprint density at radius 3 is 2.79 bits per heavy atom. The molecule has 0 spiro atoms. The van der Waals surface area contributed by atoms with E-state index in [-0.39, 0.29) is 11.8 Å². The topological polar surface area (TPSA) is 104 Å². The number of allylic oxidation sites excluding steroid dienone is 1. The number of hydrogen-bond acceptors (Lipinski definition) is 5. The minimum absolute atomic E-state index is 0.0292. The number of hydrogen-bond donors (Lipinski definition) is 4. The number of pyridine rings is 1. The van der Waals surface area contributed by atoms with E-state index in [1.54, 1.807) is 6.20 Å². The molecule has 1 aromatic carbocycles. The summed E-state index contributed by atoms with van der Waals surface area (Å²) in [7, 11) is 0. The van der Waals surface area contributed by atoms with Gasteiger partial charge in [-0.1, -0.05) is 12.1 Å². The summed E-state index contributed by atoms with van der Waals surface area (Å²) in [6.07, 6.45) is 6.09. The van der Waals surface area contributed by atoms with E-state index in [1.807, 2.05) is 24.3 Å². The molecule has 1 saturated heterocycles. The molecule has 1 aliphatic rings. The van der Waals surface area contributed by atoms with E-state index in [0.29, 0.717) is 11.4 Å². The van der Waals surface area contributed by atoms with Gasteiger partial charge in [0.05, 0.1) is 0 Å². The molecule has 0 aliphatic carbocycles. The average molecular weight is 323 g/mol. The molecule has 2 aromatic rings. The Balaban J connectivity index is 1.84. The highest BCUT2D eigenvalue weighted by molar-refractivity contribution is 6.09. The molecule has 3 rings (SSSR count). The highest BCUT2D eigenvalue weighted by atomic mass is 16.1. The second kappa shape index (κ2) is 7.23. The molecule has 5 N–H and O–H groups in total. The number of nitrogens with two attached hydrogens (primary N) is 1. The first-order valence-electron chi connectivity index (χ1n) is 8.05. The SMILES string of the molecule is N=CC(=CN)c1ccc2cnc(NC(=O)C3CCNCC3)cc2c1. The molecule has 1 fully saturated rings. The van der Waals surface area contributed by atoms with E-state index < -0.39 is 0 Å². The zero-order valence-corrected chi connectivity index (χ0v) is 13.4. The standard InChI is InChI=1S/C18H21N5O/c19-9-16(10-20)13-1-2-14-11-22-17(8-15(14)7-13)23-18(24)12-3-5-21-6-4-12/h1-2,7-12,19,21H,3-6,20H2,(H,22,23,24). The van der Waals surface area contributed by atoms with Crippen molar-refractivity contribution in [2.75, 3.05) is 18.4 Å². The summed E-state index contributed by atoms with van der Waals surface area (Å²) in [5, 5.41) is 15.5. The van der Waals surface area contributed by atoms with Gasteiger partial charge in [0.2, 0.25) is 5.91 Å². The first-order chi connectivity index (χ1) is 11.7. The molecule has 2 heterocycles. The van der Waals surface area contributed by atoms with E-state index in [2.05, 4.69) is 15.6 Å². The number of amides is 1. The van der Waals surface area contributed by atoms with E-state index >= 15 is 0 Å². The van der Waals surface area contributed by atoms with Crippen molar-refractivity contribution in [1.82, 2.24) is 10.3 Å². The summed E-state index contributed by atoms with van der Waals surface area (Å²) >= 11 is 0. The van der Waals surface area contributed by atoms with Crippen LogP contribution in [0.1, 0.15) is 18.4 Å². The first-order valence-corrected chi connectivity index (χ1v) is 8.05. The third-order valence-electron chi connectivity index (χ3n) is 4.35. The molecule has 0 saturated carbocycles. The fraction of sp³-hybridized carbons (Fsp3) is 0.278. The van der Waals surface area contributed by atoms with Crippen LogP contribution in [-0.2, 0) is 4.79 Å². The maximum absolute atomic E-state index is 12.3. The van der Waals surface area contributed by atoms with Gasteiger partial charge in [-0.3, -0.25) is 4.79 Å². The fourth-order valence-corrected chi connectivity index (χ4v) is 2.93. The molecule has 0 atom stereocenters. The average Bonchev–Trinajstić information content (AvgIpc) is 2.63. The number of benzene rings is 1. The third kappa shape index (κ3) is 3.44. The largest absolute Gasteiger partial charge is 0.404 e. The van der Waals surface area contributed by atoms with Crippen LogP contribution in [0.15, 0.2) is 36.7 Å². The van der Waals surface area contributed by atoms with Gasteiger partial charge in [0, 0.05) is 35.5 Å². The summed E-state index contributed by atoms with van der Waals surface area (Å²) in [5.41, 5.74) is 7.06. The molecule has 0 radical (unpaired) electrons. The summed E-state index contributed by atoms with van der Waals surface area (Å²) < 4.78 is 0. The first kappa shape index (κ1) is 16.1. The highest BCUT2D eigenvalue weighted by Gasteiger charge is 2.21. The number of rotatable bonds is 4. The van der Waals surface area contributed by atoms with Gasteiger partial charge in [-0.15, -0.1) is 0 Å². The maximum Gasteiger partial charge on any atom is 0.228 e. The highest BCUT2D eigenvalue weighted by Crippen LogP contribution is 2.22. The molecule has 0 bridgehead atoms. The number of nitrogens with one attached hydrogen (secondary N) is 3. The maximum atomic E-state index is 12.3. The van der Waals surface area contributed by atoms with Gasteiger partial charge in [0.25, 0.3) is 0 Å². The lowest BCUT2D eigenvalue weighted by molar-refractivity contribution is -0.120. The summed E-state index contributed by atoms with van der Waals surface area (Å²) in [4.78, 5) is 16.7. The smallest absolute Gasteiger partial charge is 0.228 e. The molecule has 6 nitrogen and oxygen atoms in total. The van der Waals surface area contributed by atoms with Crippen molar-refractivity contribution >= 4 is 34.3 Å². The Morgan fingerprint density at radius 2 is 2.08 bits per heavy atom. The van der Waals surface area contributed by atoms with Crippen molar-refractivity contribution in [3.63, 3.8) is 0 Å². The van der Waals surface area contributed by atoms with Crippen LogP contribution in [0.2, 0.25) is 0 Å². The fourth-order valence-electron chi connectivity index (χ4n) is 2.93. The Morgan fingerprint density at radius 1 is 1.29 bits per heavy atom. The van der Waals surface area contributed by atoms with Crippen LogP contribution in [-0.4, -0.2) is 30.2 Å². The molecule has 1 aliphatic heterocycles. The van der Waals surface area contributed by atoms with E-state index in [0.717, 1.165) is 42.3 Å². The number of carbonyl (C=O) groups excluding carboxylic acids is 1. The lowest BCUT2D eigenvalue weighted by Gasteiger charge is -2.21. The molecule has 6 heteroatoms. The molecular formula is C18H21N5O. The number of fused-ring (bicyclic) bond motifs is 1. The van der Waals surface area contributed by atoms with Gasteiger partial charge in [-0.25, -0.2) is 4.98 Å². The van der Waals surface area contributed by atoms with Crippen molar-refractivity contribution in [1.29, 1.82) is 5.41 Å². The Kier molecular flexibility index (Phi) is 4.86. The lowest BCUT2D eigenvalue weighted by Crippen LogP contribution is -2.34. The van der Waals surface area contributed by atoms with Gasteiger partial charge in [0.15, 0.2) is 0 Å². The van der Waals surface area contributed by atoms with Crippen molar-refractivity contribution < 1.29 is 4.79 Å². The van der Waals surface area contributed by atoms with Gasteiger partial charge < -0.3 is 21.8 Å². The predicted octanol–water partition coefficient (Wildman–Crippen LogP) is 2.12. The summed E-state index contributed by atoms with van der Waals surface area (Å²) in [6.45, 7) is 1.76. The normalized spacial score (nSPS) is 16.1. The van der Waals surface area contributed by atoms with Crippen LogP contribution in [0, 0.1) is 11.3 Å². The van der Waals surface area contributed by atoms with Crippen molar-refractivity contribution in [3.8, 4) is 0 Å². The van der Waals surface area contributed by atoms with Crippen LogP contribution < -0.4 is 16.4 Å². The van der Waals surface area contributed by atoms with Crippen LogP contribution >= 0.6 is 0 Å². The number of carbonyl (C=O) groups is 1. The van der Waals surface area contributed by atoms with Gasteiger partial charge >= 0.3 is 0 Å². The second-order valence-corrected chi connectivity index (χ2v) is 5.91. The molecule has 0 unspecified atom stereocenters. The predicted molar refractivity (Wildman–Crippen MR) is 96.9 cm³/mol. The quantitative estimate of drug-likeness (QED) is 0.647. The van der Waals surface area contributed by atoms with Gasteiger partial charge in [-0.05, 0) is 49.0 Å². The molecule has 24 heavy (non-hydrogen) atoms. The van der Waals surface area contributed by atoms with Gasteiger partial charge in [0.1, 0.15) is 5.82 Å². The van der Waals surface area contributed by atoms with Crippen LogP contribution in [0.4, 0.5) is 5.82 Å². The van der Waals surface area contributed by atoms with Gasteiger partial charge in [-0.2, -0.15) is 0 Å². The van der Waals surface area contributed by atoms with Crippen LogP contribution in [0.5, 0.6) is 0 Å². The van der Waals surface area contributed by atoms with Crippen molar-refractivity contribution in [3.05, 3.63) is 42.2 Å². The number of aromatic nitrogens is 1. The van der Waals surface area contributed by atoms with Crippen LogP contribution in [0.25, 0.3) is 16.3 Å². The summed E-state index contributed by atoms with van der Waals surface area (Å²) in [6, 6.07) is 7.64. The Labute approximate surface area is 140 Å². The van der Waals surface area contributed by atoms with E-state index in [9.17, 15) is 4.79 Å². The van der Waals surface area contributed by atoms with Crippen molar-refractivity contribution in [2.45, 2.75) is 12.8 Å². The molecule has 1 amide bonds. The second-order valence-electron chi connectivity index (χ2n) is 5.91. The molecular weight excluding hydrogens is 302 g/mol. The van der Waals surface area contributed by atoms with Crippen LogP contribution in [0.3, 0.4) is 0 Å². The zero-order valence-electron chi connectivity index (χ0n) is 13.4. The van der Waals surface area contributed by atoms with Crippen molar-refractivity contribution in [2.24, 2.45) is 11.7 Å². The number of nitrogens with zero attached hydrogens (tertiary/aromatic N) is 1. The van der Waals surface area contributed by atoms with E-state index in [1.165, 1.54) is 12.4 Å².